The number of aromatic amines is 1. The van der Waals surface area contributed by atoms with Crippen LogP contribution < -0.4 is 22.0 Å². The van der Waals surface area contributed by atoms with E-state index in [-0.39, 0.29) is 22.9 Å². The fourth-order valence-electron chi connectivity index (χ4n) is 3.36. The normalized spacial score (nSPS) is 11.1. The van der Waals surface area contributed by atoms with Crippen LogP contribution in [0.4, 0.5) is 0 Å². The molecule has 0 saturated carbocycles. The molecule has 9 nitrogen and oxygen atoms in total. The van der Waals surface area contributed by atoms with Gasteiger partial charge >= 0.3 is 0 Å². The monoisotopic (exact) mass is 417 g/mol. The highest BCUT2D eigenvalue weighted by atomic mass is 16.2. The molecule has 2 aromatic heterocycles. The van der Waals surface area contributed by atoms with Crippen LogP contribution in [0.2, 0.25) is 0 Å². The zero-order valence-electron chi connectivity index (χ0n) is 16.8. The van der Waals surface area contributed by atoms with Gasteiger partial charge in [-0.1, -0.05) is 36.4 Å². The topological polar surface area (TPSA) is 126 Å². The van der Waals surface area contributed by atoms with Crippen molar-refractivity contribution in [2.75, 3.05) is 0 Å². The second kappa shape index (κ2) is 7.86. The minimum atomic E-state index is -0.687. The number of rotatable bonds is 3. The van der Waals surface area contributed by atoms with Crippen LogP contribution in [-0.4, -0.2) is 26.6 Å². The zero-order valence-corrected chi connectivity index (χ0v) is 16.8. The van der Waals surface area contributed by atoms with Gasteiger partial charge in [0.2, 0.25) is 5.56 Å². The summed E-state index contributed by atoms with van der Waals surface area (Å²) in [4.78, 5) is 52.7. The van der Waals surface area contributed by atoms with Gasteiger partial charge in [0, 0.05) is 22.4 Å². The van der Waals surface area contributed by atoms with Gasteiger partial charge in [0.1, 0.15) is 0 Å². The third-order valence-electron chi connectivity index (χ3n) is 4.82. The van der Waals surface area contributed by atoms with E-state index < -0.39 is 17.4 Å². The minimum Gasteiger partial charge on any atom is -0.322 e. The Kier molecular flexibility index (Phi) is 5.08. The standard InChI is InChI=1S/C22H19N5O4/c1-12(2)27-22(31)15-9-4-3-8-14(15)19(26-27)21(30)25-24-20(29)16-11-18(28)23-17-10-6-5-7-13(16)17/h3-12H,1-2H3,(H,23,28)(H,24,29)(H,25,30). The van der Waals surface area contributed by atoms with Gasteiger partial charge in [0.15, 0.2) is 5.69 Å². The summed E-state index contributed by atoms with van der Waals surface area (Å²) in [6, 6.07) is 14.4. The second-order valence-electron chi connectivity index (χ2n) is 7.24. The number of nitrogens with one attached hydrogen (secondary N) is 3. The molecule has 9 heteroatoms. The highest BCUT2D eigenvalue weighted by molar-refractivity contribution is 6.08. The highest BCUT2D eigenvalue weighted by Crippen LogP contribution is 2.16. The fraction of sp³-hybridized carbons (Fsp3) is 0.136. The maximum absolute atomic E-state index is 12.8. The van der Waals surface area contributed by atoms with E-state index in [9.17, 15) is 19.2 Å². The number of H-pyrrole nitrogens is 1. The van der Waals surface area contributed by atoms with Crippen LogP contribution in [0.15, 0.2) is 64.2 Å². The van der Waals surface area contributed by atoms with Crippen molar-refractivity contribution in [2.45, 2.75) is 19.9 Å². The number of hydrazine groups is 1. The van der Waals surface area contributed by atoms with Crippen LogP contribution in [-0.2, 0) is 0 Å². The van der Waals surface area contributed by atoms with Crippen molar-refractivity contribution in [3.8, 4) is 0 Å². The van der Waals surface area contributed by atoms with Gasteiger partial charge in [-0.15, -0.1) is 0 Å². The van der Waals surface area contributed by atoms with E-state index >= 15 is 0 Å². The van der Waals surface area contributed by atoms with E-state index in [1.807, 2.05) is 0 Å². The molecule has 0 fully saturated rings. The smallest absolute Gasteiger partial charge is 0.290 e. The van der Waals surface area contributed by atoms with Crippen LogP contribution in [0.3, 0.4) is 0 Å². The average Bonchev–Trinajstić information content (AvgIpc) is 2.76. The lowest BCUT2D eigenvalue weighted by atomic mass is 10.1. The second-order valence-corrected chi connectivity index (χ2v) is 7.24. The number of carbonyl (C=O) groups excluding carboxylic acids is 2. The molecule has 0 saturated heterocycles. The quantitative estimate of drug-likeness (QED) is 0.439. The SMILES string of the molecule is CC(C)n1nc(C(=O)NNC(=O)c2cc(=O)[nH]c3ccccc23)c2ccccc2c1=O. The maximum Gasteiger partial charge on any atom is 0.290 e. The molecule has 31 heavy (non-hydrogen) atoms. The number of amides is 2. The molecule has 0 aliphatic rings. The van der Waals surface area contributed by atoms with Crippen LogP contribution in [0.25, 0.3) is 21.7 Å². The van der Waals surface area contributed by atoms with E-state index in [1.165, 1.54) is 4.68 Å². The van der Waals surface area contributed by atoms with Crippen LogP contribution >= 0.6 is 0 Å². The maximum atomic E-state index is 12.8. The number of carbonyl (C=O) groups is 2. The van der Waals surface area contributed by atoms with Gasteiger partial charge < -0.3 is 4.98 Å². The molecule has 0 aliphatic carbocycles. The Bertz CT molecular complexity index is 1450. The number of fused-ring (bicyclic) bond motifs is 2. The molecule has 0 spiro atoms. The first-order valence-corrected chi connectivity index (χ1v) is 9.61. The third-order valence-corrected chi connectivity index (χ3v) is 4.82. The van der Waals surface area contributed by atoms with Crippen molar-refractivity contribution in [1.82, 2.24) is 25.6 Å². The first kappa shape index (κ1) is 20.0. The predicted molar refractivity (Wildman–Crippen MR) is 116 cm³/mol. The van der Waals surface area contributed by atoms with Gasteiger partial charge in [-0.2, -0.15) is 5.10 Å². The molecular weight excluding hydrogens is 398 g/mol. The molecule has 156 valence electrons. The van der Waals surface area contributed by atoms with Crippen molar-refractivity contribution in [1.29, 1.82) is 0 Å². The minimum absolute atomic E-state index is 0.0000306. The summed E-state index contributed by atoms with van der Waals surface area (Å²) in [5.41, 5.74) is 4.53. The van der Waals surface area contributed by atoms with Gasteiger partial charge in [0.05, 0.1) is 17.0 Å². The Morgan fingerprint density at radius 1 is 0.903 bits per heavy atom. The molecule has 4 rings (SSSR count). The third kappa shape index (κ3) is 3.68. The molecule has 2 amide bonds. The summed E-state index contributed by atoms with van der Waals surface area (Å²) in [6.45, 7) is 3.56. The number of para-hydroxylation sites is 1. The van der Waals surface area contributed by atoms with Crippen molar-refractivity contribution in [3.63, 3.8) is 0 Å². The van der Waals surface area contributed by atoms with Crippen molar-refractivity contribution < 1.29 is 9.59 Å². The summed E-state index contributed by atoms with van der Waals surface area (Å²) in [5.74, 6) is -1.34. The number of pyridine rings is 1. The molecule has 2 heterocycles. The molecule has 3 N–H and O–H groups in total. The number of aromatic nitrogens is 3. The lowest BCUT2D eigenvalue weighted by molar-refractivity contribution is 0.0844. The molecule has 0 radical (unpaired) electrons. The van der Waals surface area contributed by atoms with Gasteiger partial charge in [-0.25, -0.2) is 4.68 Å². The highest BCUT2D eigenvalue weighted by Gasteiger charge is 2.19. The van der Waals surface area contributed by atoms with Crippen molar-refractivity contribution in [2.24, 2.45) is 0 Å². The van der Waals surface area contributed by atoms with Crippen molar-refractivity contribution in [3.05, 3.63) is 86.6 Å². The zero-order chi connectivity index (χ0) is 22.1. The summed E-state index contributed by atoms with van der Waals surface area (Å²) < 4.78 is 1.23. The lowest BCUT2D eigenvalue weighted by Gasteiger charge is -2.14. The van der Waals surface area contributed by atoms with E-state index in [2.05, 4.69) is 20.9 Å². The Hall–Kier alpha value is -4.27. The number of nitrogens with zero attached hydrogens (tertiary/aromatic N) is 2. The first-order valence-electron chi connectivity index (χ1n) is 9.61. The Morgan fingerprint density at radius 2 is 1.52 bits per heavy atom. The average molecular weight is 417 g/mol. The predicted octanol–water partition coefficient (Wildman–Crippen LogP) is 1.89. The summed E-state index contributed by atoms with van der Waals surface area (Å²) >= 11 is 0. The first-order chi connectivity index (χ1) is 14.9. The Labute approximate surface area is 175 Å². The van der Waals surface area contributed by atoms with E-state index in [1.54, 1.807) is 62.4 Å². The van der Waals surface area contributed by atoms with E-state index in [0.717, 1.165) is 6.07 Å². The van der Waals surface area contributed by atoms with Gasteiger partial charge in [-0.05, 0) is 26.0 Å². The summed E-state index contributed by atoms with van der Waals surface area (Å²) in [6.07, 6.45) is 0. The fourth-order valence-corrected chi connectivity index (χ4v) is 3.36. The number of hydrogen-bond donors (Lipinski definition) is 3. The molecule has 2 aromatic carbocycles. The largest absolute Gasteiger partial charge is 0.322 e. The van der Waals surface area contributed by atoms with Gasteiger partial charge in [-0.3, -0.25) is 30.0 Å². The Balaban J connectivity index is 1.67. The molecular formula is C22H19N5O4. The van der Waals surface area contributed by atoms with E-state index in [0.29, 0.717) is 21.7 Å². The number of benzene rings is 2. The summed E-state index contributed by atoms with van der Waals surface area (Å²) in [7, 11) is 0. The van der Waals surface area contributed by atoms with Crippen molar-refractivity contribution >= 4 is 33.5 Å². The molecule has 0 unspecified atom stereocenters. The van der Waals surface area contributed by atoms with E-state index in [4.69, 9.17) is 0 Å². The molecule has 0 bridgehead atoms. The molecule has 0 aliphatic heterocycles. The van der Waals surface area contributed by atoms with Crippen LogP contribution in [0.5, 0.6) is 0 Å². The van der Waals surface area contributed by atoms with Crippen LogP contribution in [0, 0.1) is 0 Å². The van der Waals surface area contributed by atoms with Crippen LogP contribution in [0.1, 0.15) is 40.7 Å². The number of hydrogen-bond acceptors (Lipinski definition) is 5. The lowest BCUT2D eigenvalue weighted by Crippen LogP contribution is -2.43. The molecule has 0 atom stereocenters. The Morgan fingerprint density at radius 3 is 2.23 bits per heavy atom. The molecule has 4 aromatic rings. The summed E-state index contributed by atoms with van der Waals surface area (Å²) in [5, 5.41) is 5.46. The van der Waals surface area contributed by atoms with Gasteiger partial charge in [0.25, 0.3) is 17.4 Å².